The maximum absolute atomic E-state index is 12.4. The Morgan fingerprint density at radius 3 is 1.20 bits per heavy atom. The van der Waals surface area contributed by atoms with E-state index in [1.54, 1.807) is 0 Å². The summed E-state index contributed by atoms with van der Waals surface area (Å²) in [4.78, 5) is 12.4. The van der Waals surface area contributed by atoms with Crippen LogP contribution in [0.25, 0.3) is 0 Å². The Kier molecular flexibility index (Phi) is 18.3. The van der Waals surface area contributed by atoms with Crippen molar-refractivity contribution < 1.29 is 14.3 Å². The highest BCUT2D eigenvalue weighted by Gasteiger charge is 2.16. The van der Waals surface area contributed by atoms with Crippen molar-refractivity contribution in [1.82, 2.24) is 0 Å². The second-order valence-electron chi connectivity index (χ2n) is 14.0. The number of carbonyl (C=O) groups is 1. The number of hydrogen-bond donors (Lipinski definition) is 0. The first-order chi connectivity index (χ1) is 24.7. The molecule has 0 amide bonds. The van der Waals surface area contributed by atoms with Crippen LogP contribution in [0.1, 0.15) is 149 Å². The zero-order valence-electron chi connectivity index (χ0n) is 31.0. The third-order valence-corrected chi connectivity index (χ3v) is 10.0. The lowest BCUT2D eigenvalue weighted by atomic mass is 9.86. The van der Waals surface area contributed by atoms with Crippen LogP contribution in [-0.4, -0.2) is 19.4 Å². The molecule has 0 radical (unpaired) electrons. The fraction of sp³-hybridized carbons (Fsp3) is 0.468. The first-order valence-corrected chi connectivity index (χ1v) is 19.7. The summed E-state index contributed by atoms with van der Waals surface area (Å²) < 4.78 is 10.9. The Hall–Kier alpha value is -3.85. The third-order valence-electron chi connectivity index (χ3n) is 10.0. The second-order valence-corrected chi connectivity index (χ2v) is 14.0. The van der Waals surface area contributed by atoms with Gasteiger partial charge in [0.15, 0.2) is 0 Å². The van der Waals surface area contributed by atoms with Gasteiger partial charge in [-0.1, -0.05) is 162 Å². The van der Waals surface area contributed by atoms with Crippen molar-refractivity contribution in [3.05, 3.63) is 143 Å². The summed E-state index contributed by atoms with van der Waals surface area (Å²) in [6, 6.07) is 40.1. The highest BCUT2D eigenvalue weighted by Crippen LogP contribution is 2.31. The zero-order valence-corrected chi connectivity index (χ0v) is 31.0. The van der Waals surface area contributed by atoms with Crippen molar-refractivity contribution in [2.24, 2.45) is 0 Å². The van der Waals surface area contributed by atoms with Crippen LogP contribution in [0.3, 0.4) is 0 Å². The molecule has 0 aliphatic heterocycles. The van der Waals surface area contributed by atoms with Gasteiger partial charge in [-0.25, -0.2) is 4.79 Å². The minimum absolute atomic E-state index is 0.338. The fourth-order valence-corrected chi connectivity index (χ4v) is 7.02. The largest absolute Gasteiger partial charge is 0.508 e. The minimum atomic E-state index is -0.548. The van der Waals surface area contributed by atoms with Crippen molar-refractivity contribution in [2.75, 3.05) is 13.2 Å². The quantitative estimate of drug-likeness (QED) is 0.0548. The van der Waals surface area contributed by atoms with E-state index in [1.807, 2.05) is 0 Å². The van der Waals surface area contributed by atoms with Gasteiger partial charge in [-0.05, 0) is 97.6 Å². The molecule has 0 fully saturated rings. The Labute approximate surface area is 303 Å². The number of carbonyl (C=O) groups excluding carboxylic acids is 1. The van der Waals surface area contributed by atoms with Gasteiger partial charge in [0.05, 0.1) is 13.2 Å². The lowest BCUT2D eigenvalue weighted by molar-refractivity contribution is 0.0528. The highest BCUT2D eigenvalue weighted by molar-refractivity contribution is 5.59. The third kappa shape index (κ3) is 14.2. The zero-order chi connectivity index (χ0) is 35.1. The molecule has 50 heavy (non-hydrogen) atoms. The number of hydrogen-bond acceptors (Lipinski definition) is 3. The number of aryl methyl sites for hydroxylation is 2. The average molecular weight is 675 g/mol. The van der Waals surface area contributed by atoms with Gasteiger partial charge in [0, 0.05) is 11.8 Å². The molecular formula is C47H62O3. The molecular weight excluding hydrogens is 613 g/mol. The number of unbranched alkanes of at least 4 members (excludes halogenated alkanes) is 8. The average Bonchev–Trinajstić information content (AvgIpc) is 3.16. The van der Waals surface area contributed by atoms with E-state index in [2.05, 4.69) is 123 Å². The van der Waals surface area contributed by atoms with Crippen molar-refractivity contribution in [3.8, 4) is 0 Å². The topological polar surface area (TPSA) is 35.5 Å². The van der Waals surface area contributed by atoms with Crippen LogP contribution in [0.5, 0.6) is 0 Å². The van der Waals surface area contributed by atoms with Crippen LogP contribution >= 0.6 is 0 Å². The van der Waals surface area contributed by atoms with E-state index in [1.165, 1.54) is 84.7 Å². The van der Waals surface area contributed by atoms with E-state index >= 15 is 0 Å². The van der Waals surface area contributed by atoms with Gasteiger partial charge >= 0.3 is 6.16 Å². The molecule has 0 aromatic heterocycles. The van der Waals surface area contributed by atoms with E-state index < -0.39 is 6.16 Å². The first kappa shape index (κ1) is 38.9. The van der Waals surface area contributed by atoms with Crippen LogP contribution in [0.2, 0.25) is 0 Å². The monoisotopic (exact) mass is 674 g/mol. The van der Waals surface area contributed by atoms with E-state index in [-0.39, 0.29) is 0 Å². The van der Waals surface area contributed by atoms with Crippen LogP contribution in [0.15, 0.2) is 109 Å². The predicted molar refractivity (Wildman–Crippen MR) is 210 cm³/mol. The highest BCUT2D eigenvalue weighted by atomic mass is 16.7. The summed E-state index contributed by atoms with van der Waals surface area (Å²) in [5.74, 6) is 0.677. The summed E-state index contributed by atoms with van der Waals surface area (Å²) >= 11 is 0. The number of ether oxygens (including phenoxy) is 2. The second kappa shape index (κ2) is 23.5. The Morgan fingerprint density at radius 2 is 0.820 bits per heavy atom. The van der Waals surface area contributed by atoms with Gasteiger partial charge in [0.2, 0.25) is 0 Å². The maximum atomic E-state index is 12.4. The maximum Gasteiger partial charge on any atom is 0.508 e. The normalized spacial score (nSPS) is 12.4. The van der Waals surface area contributed by atoms with Crippen molar-refractivity contribution >= 4 is 6.16 Å². The van der Waals surface area contributed by atoms with Gasteiger partial charge in [0.25, 0.3) is 0 Å². The Balaban J connectivity index is 1.16. The molecule has 0 heterocycles. The van der Waals surface area contributed by atoms with Gasteiger partial charge in [-0.3, -0.25) is 0 Å². The van der Waals surface area contributed by atoms with Gasteiger partial charge in [0.1, 0.15) is 0 Å². The van der Waals surface area contributed by atoms with Crippen LogP contribution < -0.4 is 0 Å². The first-order valence-electron chi connectivity index (χ1n) is 19.7. The summed E-state index contributed by atoms with van der Waals surface area (Å²) in [6.45, 7) is 5.30. The molecule has 0 bridgehead atoms. The molecule has 0 saturated carbocycles. The molecule has 268 valence electrons. The summed E-state index contributed by atoms with van der Waals surface area (Å²) in [5.41, 5.74) is 8.26. The lowest BCUT2D eigenvalue weighted by Crippen LogP contribution is -2.10. The van der Waals surface area contributed by atoms with Crippen LogP contribution in [-0.2, 0) is 22.3 Å². The predicted octanol–water partition coefficient (Wildman–Crippen LogP) is 13.4. The molecule has 0 N–H and O–H groups in total. The molecule has 4 aromatic carbocycles. The molecule has 3 nitrogen and oxygen atoms in total. The van der Waals surface area contributed by atoms with E-state index in [9.17, 15) is 4.79 Å². The molecule has 4 aromatic rings. The van der Waals surface area contributed by atoms with E-state index in [4.69, 9.17) is 9.47 Å². The molecule has 0 aliphatic carbocycles. The van der Waals surface area contributed by atoms with Crippen LogP contribution in [0.4, 0.5) is 4.79 Å². The molecule has 2 unspecified atom stereocenters. The molecule has 4 rings (SSSR count). The number of benzene rings is 4. The fourth-order valence-electron chi connectivity index (χ4n) is 7.02. The van der Waals surface area contributed by atoms with Gasteiger partial charge in [-0.15, -0.1) is 0 Å². The standard InChI is InChI=1S/C47H62O3/c1-3-5-7-11-21-39-29-33-43(34-30-39)45(41-23-13-9-14-24-41)27-17-19-37-49-47(48)50-38-20-18-28-46(42-25-15-10-16-26-42)44-35-31-40(32-36-44)22-12-8-6-4-2/h9-10,13-16,23-26,29-36,45-46H,3-8,11-12,17-22,27-28,37-38H2,1-2H3. The summed E-state index contributed by atoms with van der Waals surface area (Å²) in [5, 5.41) is 0. The Bertz CT molecular complexity index is 1320. The Morgan fingerprint density at radius 1 is 0.440 bits per heavy atom. The molecule has 0 saturated heterocycles. The van der Waals surface area contributed by atoms with Gasteiger partial charge in [-0.2, -0.15) is 0 Å². The summed E-state index contributed by atoms with van der Waals surface area (Å²) in [7, 11) is 0. The minimum Gasteiger partial charge on any atom is -0.434 e. The van der Waals surface area contributed by atoms with Crippen molar-refractivity contribution in [3.63, 3.8) is 0 Å². The van der Waals surface area contributed by atoms with Gasteiger partial charge < -0.3 is 9.47 Å². The smallest absolute Gasteiger partial charge is 0.434 e. The molecule has 2 atom stereocenters. The molecule has 0 aliphatic rings. The molecule has 0 spiro atoms. The van der Waals surface area contributed by atoms with Crippen molar-refractivity contribution in [2.45, 2.75) is 128 Å². The summed E-state index contributed by atoms with van der Waals surface area (Å²) in [6.07, 6.45) is 17.7. The van der Waals surface area contributed by atoms with E-state index in [0.29, 0.717) is 25.0 Å². The van der Waals surface area contributed by atoms with E-state index in [0.717, 1.165) is 51.4 Å². The molecule has 3 heteroatoms. The SMILES string of the molecule is CCCCCCc1ccc(C(CCCCOC(=O)OCCCCC(c2ccccc2)c2ccc(CCCCCC)cc2)c2ccccc2)cc1. The number of rotatable bonds is 24. The van der Waals surface area contributed by atoms with Crippen LogP contribution in [0, 0.1) is 0 Å². The lowest BCUT2D eigenvalue weighted by Gasteiger charge is -2.19. The van der Waals surface area contributed by atoms with Crippen molar-refractivity contribution in [1.29, 1.82) is 0 Å².